The second-order valence-electron chi connectivity index (χ2n) is 7.20. The maximum absolute atomic E-state index is 13.7. The van der Waals surface area contributed by atoms with Crippen molar-refractivity contribution in [1.29, 1.82) is 0 Å². The third-order valence-corrected chi connectivity index (χ3v) is 6.43. The number of thioether (sulfide) groups is 1. The molecule has 0 aliphatic carbocycles. The normalized spacial score (nSPS) is 12.1. The summed E-state index contributed by atoms with van der Waals surface area (Å²) in [7, 11) is 0. The molecule has 8 heteroatoms. The van der Waals surface area contributed by atoms with E-state index in [1.807, 2.05) is 25.1 Å². The van der Waals surface area contributed by atoms with E-state index < -0.39 is 6.10 Å². The van der Waals surface area contributed by atoms with Crippen LogP contribution >= 0.6 is 23.1 Å². The van der Waals surface area contributed by atoms with Gasteiger partial charge in [-0.3, -0.25) is 10.1 Å². The van der Waals surface area contributed by atoms with Crippen molar-refractivity contribution >= 4 is 34.1 Å². The number of ether oxygens (including phenoxy) is 1. The zero-order valence-corrected chi connectivity index (χ0v) is 18.9. The SMILES string of the molecule is Cc1ccc(C(C)C)c(OC(C)C(=O)Nc2nnc(SCc3ccccc3F)s2)c1. The Morgan fingerprint density at radius 3 is 2.70 bits per heavy atom. The molecule has 3 rings (SSSR count). The molecule has 0 saturated carbocycles. The summed E-state index contributed by atoms with van der Waals surface area (Å²) in [5, 5.41) is 11.2. The quantitative estimate of drug-likeness (QED) is 0.350. The number of carbonyl (C=O) groups excluding carboxylic acids is 1. The summed E-state index contributed by atoms with van der Waals surface area (Å²) in [6.45, 7) is 7.87. The molecule has 1 heterocycles. The first-order valence-electron chi connectivity index (χ1n) is 9.61. The van der Waals surface area contributed by atoms with Gasteiger partial charge in [0.25, 0.3) is 5.91 Å². The van der Waals surface area contributed by atoms with Gasteiger partial charge in [0.1, 0.15) is 11.6 Å². The number of hydrogen-bond donors (Lipinski definition) is 1. The van der Waals surface area contributed by atoms with E-state index in [2.05, 4.69) is 29.4 Å². The van der Waals surface area contributed by atoms with Crippen LogP contribution in [0.3, 0.4) is 0 Å². The summed E-state index contributed by atoms with van der Waals surface area (Å²) in [6.07, 6.45) is -0.692. The Labute approximate surface area is 184 Å². The molecule has 1 N–H and O–H groups in total. The van der Waals surface area contributed by atoms with Gasteiger partial charge in [-0.05, 0) is 48.6 Å². The van der Waals surface area contributed by atoms with Crippen LogP contribution in [0.25, 0.3) is 0 Å². The first-order valence-corrected chi connectivity index (χ1v) is 11.4. The molecule has 2 aromatic carbocycles. The molecule has 0 aliphatic rings. The largest absolute Gasteiger partial charge is 0.481 e. The Morgan fingerprint density at radius 2 is 1.97 bits per heavy atom. The Hall–Kier alpha value is -2.45. The van der Waals surface area contributed by atoms with Crippen molar-refractivity contribution in [2.45, 2.75) is 49.8 Å². The lowest BCUT2D eigenvalue weighted by Gasteiger charge is -2.18. The molecule has 0 bridgehead atoms. The van der Waals surface area contributed by atoms with Crippen molar-refractivity contribution in [3.63, 3.8) is 0 Å². The van der Waals surface area contributed by atoms with Gasteiger partial charge in [0.15, 0.2) is 10.4 Å². The van der Waals surface area contributed by atoms with E-state index >= 15 is 0 Å². The third-order valence-electron chi connectivity index (χ3n) is 4.41. The van der Waals surface area contributed by atoms with Crippen molar-refractivity contribution in [3.05, 3.63) is 65.0 Å². The predicted molar refractivity (Wildman–Crippen MR) is 120 cm³/mol. The van der Waals surface area contributed by atoms with Gasteiger partial charge in [0, 0.05) is 5.75 Å². The highest BCUT2D eigenvalue weighted by Gasteiger charge is 2.19. The van der Waals surface area contributed by atoms with Crippen LogP contribution in [0.4, 0.5) is 9.52 Å². The molecule has 3 aromatic rings. The number of nitrogens with zero attached hydrogens (tertiary/aromatic N) is 2. The number of nitrogens with one attached hydrogen (secondary N) is 1. The summed E-state index contributed by atoms with van der Waals surface area (Å²) < 4.78 is 20.3. The lowest BCUT2D eigenvalue weighted by molar-refractivity contribution is -0.122. The van der Waals surface area contributed by atoms with Gasteiger partial charge in [-0.15, -0.1) is 10.2 Å². The molecular weight excluding hydrogens is 421 g/mol. The maximum Gasteiger partial charge on any atom is 0.266 e. The average molecular weight is 446 g/mol. The first kappa shape index (κ1) is 22.2. The van der Waals surface area contributed by atoms with E-state index in [-0.39, 0.29) is 17.6 Å². The van der Waals surface area contributed by atoms with Crippen molar-refractivity contribution in [3.8, 4) is 5.75 Å². The molecule has 0 radical (unpaired) electrons. The summed E-state index contributed by atoms with van der Waals surface area (Å²) in [5.74, 6) is 0.901. The number of anilines is 1. The molecule has 1 unspecified atom stereocenters. The van der Waals surface area contributed by atoms with Crippen molar-refractivity contribution in [1.82, 2.24) is 10.2 Å². The highest BCUT2D eigenvalue weighted by molar-refractivity contribution is 8.00. The summed E-state index contributed by atoms with van der Waals surface area (Å²) in [6, 6.07) is 12.6. The number of halogens is 1. The number of benzene rings is 2. The van der Waals surface area contributed by atoms with Crippen LogP contribution in [-0.2, 0) is 10.5 Å². The lowest BCUT2D eigenvalue weighted by Crippen LogP contribution is -2.30. The summed E-state index contributed by atoms with van der Waals surface area (Å²) in [4.78, 5) is 12.6. The van der Waals surface area contributed by atoms with Gasteiger partial charge in [0.05, 0.1) is 0 Å². The van der Waals surface area contributed by atoms with Gasteiger partial charge in [-0.1, -0.05) is 67.3 Å². The lowest BCUT2D eigenvalue weighted by atomic mass is 10.0. The minimum absolute atomic E-state index is 0.245. The second kappa shape index (κ2) is 10.0. The number of hydrogen-bond acceptors (Lipinski definition) is 6. The molecule has 0 fully saturated rings. The van der Waals surface area contributed by atoms with Gasteiger partial charge in [0.2, 0.25) is 5.13 Å². The van der Waals surface area contributed by atoms with Gasteiger partial charge in [-0.25, -0.2) is 4.39 Å². The molecule has 0 aliphatic heterocycles. The number of carbonyl (C=O) groups is 1. The smallest absolute Gasteiger partial charge is 0.266 e. The van der Waals surface area contributed by atoms with Crippen molar-refractivity contribution in [2.75, 3.05) is 5.32 Å². The molecule has 0 saturated heterocycles. The molecular formula is C22H24FN3O2S2. The van der Waals surface area contributed by atoms with Crippen LogP contribution in [0.1, 0.15) is 43.4 Å². The Morgan fingerprint density at radius 1 is 1.20 bits per heavy atom. The van der Waals surface area contributed by atoms with Crippen LogP contribution in [0.2, 0.25) is 0 Å². The molecule has 1 amide bonds. The van der Waals surface area contributed by atoms with Crippen molar-refractivity contribution < 1.29 is 13.9 Å². The fourth-order valence-corrected chi connectivity index (χ4v) is 4.49. The standard InChI is InChI=1S/C22H24FN3O2S2/c1-13(2)17-10-9-14(3)11-19(17)28-15(4)20(27)24-21-25-26-22(30-21)29-12-16-7-5-6-8-18(16)23/h5-11,13,15H,12H2,1-4H3,(H,24,25,27). The van der Waals surface area contributed by atoms with Crippen LogP contribution < -0.4 is 10.1 Å². The van der Waals surface area contributed by atoms with Crippen LogP contribution in [-0.4, -0.2) is 22.2 Å². The van der Waals surface area contributed by atoms with Gasteiger partial charge in [-0.2, -0.15) is 0 Å². The van der Waals surface area contributed by atoms with Gasteiger partial charge >= 0.3 is 0 Å². The second-order valence-corrected chi connectivity index (χ2v) is 9.40. The minimum atomic E-state index is -0.692. The summed E-state index contributed by atoms with van der Waals surface area (Å²) >= 11 is 2.63. The molecule has 0 spiro atoms. The number of rotatable bonds is 8. The highest BCUT2D eigenvalue weighted by atomic mass is 32.2. The Bertz CT molecular complexity index is 1020. The Kier molecular flexibility index (Phi) is 7.44. The minimum Gasteiger partial charge on any atom is -0.481 e. The van der Waals surface area contributed by atoms with Crippen molar-refractivity contribution in [2.24, 2.45) is 0 Å². The van der Waals surface area contributed by atoms with Crippen LogP contribution in [0.5, 0.6) is 5.75 Å². The van der Waals surface area contributed by atoms with Crippen LogP contribution in [0, 0.1) is 12.7 Å². The molecule has 5 nitrogen and oxygen atoms in total. The van der Waals surface area contributed by atoms with E-state index in [0.717, 1.165) is 11.1 Å². The van der Waals surface area contributed by atoms with Gasteiger partial charge < -0.3 is 4.74 Å². The summed E-state index contributed by atoms with van der Waals surface area (Å²) in [5.41, 5.74) is 2.73. The monoisotopic (exact) mass is 445 g/mol. The molecule has 30 heavy (non-hydrogen) atoms. The topological polar surface area (TPSA) is 64.1 Å². The van der Waals surface area contributed by atoms with E-state index in [9.17, 15) is 9.18 Å². The van der Waals surface area contributed by atoms with Crippen LogP contribution in [0.15, 0.2) is 46.8 Å². The van der Waals surface area contributed by atoms with E-state index in [1.54, 1.807) is 25.1 Å². The Balaban J connectivity index is 1.59. The third kappa shape index (κ3) is 5.79. The van der Waals surface area contributed by atoms with E-state index in [0.29, 0.717) is 26.5 Å². The fraction of sp³-hybridized carbons (Fsp3) is 0.318. The highest BCUT2D eigenvalue weighted by Crippen LogP contribution is 2.30. The predicted octanol–water partition coefficient (Wildman–Crippen LogP) is 5.81. The van der Waals surface area contributed by atoms with E-state index in [1.165, 1.54) is 29.2 Å². The zero-order chi connectivity index (χ0) is 21.7. The molecule has 158 valence electrons. The zero-order valence-electron chi connectivity index (χ0n) is 17.3. The fourth-order valence-electron chi connectivity index (χ4n) is 2.75. The molecule has 1 aromatic heterocycles. The number of aryl methyl sites for hydroxylation is 1. The average Bonchev–Trinajstić information content (AvgIpc) is 3.14. The van der Waals surface area contributed by atoms with E-state index in [4.69, 9.17) is 4.74 Å². The number of aromatic nitrogens is 2. The maximum atomic E-state index is 13.7. The number of amides is 1. The molecule has 1 atom stereocenters. The first-order chi connectivity index (χ1) is 14.3.